The predicted octanol–water partition coefficient (Wildman–Crippen LogP) is 3.94. The number of aryl methyl sites for hydroxylation is 1. The van der Waals surface area contributed by atoms with E-state index in [1.807, 2.05) is 0 Å². The Bertz CT molecular complexity index is 830. The maximum Gasteiger partial charge on any atom is 0.222 e. The number of rotatable bonds is 4. The molecule has 122 valence electrons. The van der Waals surface area contributed by atoms with Gasteiger partial charge >= 0.3 is 0 Å². The zero-order valence-electron chi connectivity index (χ0n) is 12.6. The number of benzene rings is 1. The van der Waals surface area contributed by atoms with Crippen LogP contribution in [0.3, 0.4) is 0 Å². The third-order valence-corrected chi connectivity index (χ3v) is 4.11. The van der Waals surface area contributed by atoms with Crippen molar-refractivity contribution in [2.45, 2.75) is 16.7 Å². The van der Waals surface area contributed by atoms with Crippen molar-refractivity contribution in [1.82, 2.24) is 15.0 Å². The molecule has 3 rings (SSSR count). The van der Waals surface area contributed by atoms with Crippen LogP contribution in [0.5, 0.6) is 0 Å². The van der Waals surface area contributed by atoms with E-state index in [-0.39, 0.29) is 16.5 Å². The normalized spacial score (nSPS) is 10.6. The van der Waals surface area contributed by atoms with Gasteiger partial charge < -0.3 is 11.1 Å². The molecule has 0 aliphatic rings. The Morgan fingerprint density at radius 1 is 1.04 bits per heavy atom. The predicted molar refractivity (Wildman–Crippen MR) is 89.2 cm³/mol. The molecule has 0 aliphatic heterocycles. The van der Waals surface area contributed by atoms with Crippen molar-refractivity contribution in [3.8, 4) is 0 Å². The van der Waals surface area contributed by atoms with E-state index in [1.54, 1.807) is 37.5 Å². The third-order valence-electron chi connectivity index (χ3n) is 3.01. The molecule has 2 heterocycles. The van der Waals surface area contributed by atoms with Gasteiger partial charge in [-0.2, -0.15) is 4.98 Å². The van der Waals surface area contributed by atoms with Gasteiger partial charge in [0.2, 0.25) is 5.95 Å². The summed E-state index contributed by atoms with van der Waals surface area (Å²) in [7, 11) is 0. The number of nitrogens with zero attached hydrogens (tertiary/aromatic N) is 3. The number of nitrogen functional groups attached to an aromatic ring is 1. The SMILES string of the molecule is Cc1cc(Nc2cc(F)c(Sc3ccncc3)c(F)c2)nc(N)n1. The topological polar surface area (TPSA) is 76.7 Å². The largest absolute Gasteiger partial charge is 0.368 e. The van der Waals surface area contributed by atoms with Crippen LogP contribution in [-0.4, -0.2) is 15.0 Å². The van der Waals surface area contributed by atoms with Crippen molar-refractivity contribution >= 4 is 29.2 Å². The molecular weight excluding hydrogens is 332 g/mol. The molecule has 0 aliphatic carbocycles. The first kappa shape index (κ1) is 16.1. The van der Waals surface area contributed by atoms with Gasteiger partial charge in [-0.3, -0.25) is 4.98 Å². The monoisotopic (exact) mass is 345 g/mol. The van der Waals surface area contributed by atoms with Crippen LogP contribution in [0.1, 0.15) is 5.69 Å². The molecule has 0 saturated carbocycles. The molecular formula is C16H13F2N5S. The van der Waals surface area contributed by atoms with Gasteiger partial charge in [0.05, 0.1) is 4.90 Å². The van der Waals surface area contributed by atoms with Crippen LogP contribution in [0.25, 0.3) is 0 Å². The summed E-state index contributed by atoms with van der Waals surface area (Å²) in [6, 6.07) is 7.41. The van der Waals surface area contributed by atoms with Crippen LogP contribution < -0.4 is 11.1 Å². The van der Waals surface area contributed by atoms with E-state index in [9.17, 15) is 8.78 Å². The Kier molecular flexibility index (Phi) is 4.57. The molecule has 24 heavy (non-hydrogen) atoms. The maximum absolute atomic E-state index is 14.3. The molecule has 0 amide bonds. The zero-order valence-corrected chi connectivity index (χ0v) is 13.4. The number of nitrogens with one attached hydrogen (secondary N) is 1. The second-order valence-corrected chi connectivity index (χ2v) is 6.02. The van der Waals surface area contributed by atoms with Crippen molar-refractivity contribution in [3.63, 3.8) is 0 Å². The summed E-state index contributed by atoms with van der Waals surface area (Å²) in [5, 5.41) is 2.83. The Balaban J connectivity index is 1.86. The molecule has 3 aromatic rings. The van der Waals surface area contributed by atoms with Gasteiger partial charge in [-0.05, 0) is 31.2 Å². The fraction of sp³-hybridized carbons (Fsp3) is 0.0625. The minimum atomic E-state index is -0.668. The number of aromatic nitrogens is 3. The molecule has 0 radical (unpaired) electrons. The Labute approximate surface area is 141 Å². The molecule has 5 nitrogen and oxygen atoms in total. The van der Waals surface area contributed by atoms with Crippen LogP contribution in [0, 0.1) is 18.6 Å². The van der Waals surface area contributed by atoms with Crippen molar-refractivity contribution in [2.24, 2.45) is 0 Å². The minimum Gasteiger partial charge on any atom is -0.368 e. The second-order valence-electron chi connectivity index (χ2n) is 4.93. The van der Waals surface area contributed by atoms with Crippen molar-refractivity contribution in [2.75, 3.05) is 11.1 Å². The first-order chi connectivity index (χ1) is 11.5. The summed E-state index contributed by atoms with van der Waals surface area (Å²) in [5.41, 5.74) is 6.45. The molecule has 0 unspecified atom stereocenters. The molecule has 2 aromatic heterocycles. The first-order valence-electron chi connectivity index (χ1n) is 6.96. The van der Waals surface area contributed by atoms with Gasteiger partial charge in [-0.15, -0.1) is 0 Å². The number of anilines is 3. The highest BCUT2D eigenvalue weighted by Crippen LogP contribution is 2.34. The van der Waals surface area contributed by atoms with E-state index in [0.717, 1.165) is 11.8 Å². The summed E-state index contributed by atoms with van der Waals surface area (Å²) in [4.78, 5) is 12.4. The number of hydrogen-bond donors (Lipinski definition) is 2. The van der Waals surface area contributed by atoms with Crippen molar-refractivity contribution in [3.05, 3.63) is 60.1 Å². The lowest BCUT2D eigenvalue weighted by molar-refractivity contribution is 0.541. The van der Waals surface area contributed by atoms with Gasteiger partial charge in [0.25, 0.3) is 0 Å². The fourth-order valence-corrected chi connectivity index (χ4v) is 2.86. The van der Waals surface area contributed by atoms with E-state index in [2.05, 4.69) is 20.3 Å². The van der Waals surface area contributed by atoms with Crippen molar-refractivity contribution < 1.29 is 8.78 Å². The highest BCUT2D eigenvalue weighted by molar-refractivity contribution is 7.99. The third kappa shape index (κ3) is 3.77. The highest BCUT2D eigenvalue weighted by Gasteiger charge is 2.13. The summed E-state index contributed by atoms with van der Waals surface area (Å²) >= 11 is 0.997. The highest BCUT2D eigenvalue weighted by atomic mass is 32.2. The smallest absolute Gasteiger partial charge is 0.222 e. The fourth-order valence-electron chi connectivity index (χ4n) is 2.06. The summed E-state index contributed by atoms with van der Waals surface area (Å²) in [5.74, 6) is -0.882. The quantitative estimate of drug-likeness (QED) is 0.746. The molecule has 3 N–H and O–H groups in total. The van der Waals surface area contributed by atoms with Gasteiger partial charge in [-0.25, -0.2) is 13.8 Å². The average molecular weight is 345 g/mol. The van der Waals surface area contributed by atoms with Crippen LogP contribution in [0.15, 0.2) is 52.5 Å². The molecule has 1 aromatic carbocycles. The van der Waals surface area contributed by atoms with Crippen LogP contribution >= 0.6 is 11.8 Å². The van der Waals surface area contributed by atoms with Crippen LogP contribution in [-0.2, 0) is 0 Å². The number of nitrogens with two attached hydrogens (primary N) is 1. The number of pyridine rings is 1. The van der Waals surface area contributed by atoms with Crippen LogP contribution in [0.4, 0.5) is 26.2 Å². The lowest BCUT2D eigenvalue weighted by Crippen LogP contribution is -2.02. The molecule has 0 saturated heterocycles. The minimum absolute atomic E-state index is 0.0786. The van der Waals surface area contributed by atoms with E-state index < -0.39 is 11.6 Å². The van der Waals surface area contributed by atoms with Crippen LogP contribution in [0.2, 0.25) is 0 Å². The van der Waals surface area contributed by atoms with E-state index in [1.165, 1.54) is 12.1 Å². The van der Waals surface area contributed by atoms with E-state index >= 15 is 0 Å². The van der Waals surface area contributed by atoms with E-state index in [0.29, 0.717) is 16.4 Å². The second kappa shape index (κ2) is 6.79. The van der Waals surface area contributed by atoms with Gasteiger partial charge in [0.15, 0.2) is 0 Å². The lowest BCUT2D eigenvalue weighted by atomic mass is 10.3. The van der Waals surface area contributed by atoms with E-state index in [4.69, 9.17) is 5.73 Å². The molecule has 0 spiro atoms. The zero-order chi connectivity index (χ0) is 17.1. The summed E-state index contributed by atoms with van der Waals surface area (Å²) in [6.07, 6.45) is 3.13. The Morgan fingerprint density at radius 2 is 1.71 bits per heavy atom. The van der Waals surface area contributed by atoms with Crippen molar-refractivity contribution in [1.29, 1.82) is 0 Å². The lowest BCUT2D eigenvalue weighted by Gasteiger charge is -2.10. The average Bonchev–Trinajstić information content (AvgIpc) is 2.51. The molecule has 0 fully saturated rings. The maximum atomic E-state index is 14.3. The first-order valence-corrected chi connectivity index (χ1v) is 7.78. The number of halogens is 2. The number of hydrogen-bond acceptors (Lipinski definition) is 6. The summed E-state index contributed by atoms with van der Waals surface area (Å²) in [6.45, 7) is 1.75. The van der Waals surface area contributed by atoms with Gasteiger partial charge in [-0.1, -0.05) is 11.8 Å². The summed E-state index contributed by atoms with van der Waals surface area (Å²) < 4.78 is 28.6. The molecule has 0 atom stereocenters. The Hall–Kier alpha value is -2.74. The van der Waals surface area contributed by atoms with Gasteiger partial charge in [0, 0.05) is 34.7 Å². The Morgan fingerprint density at radius 3 is 2.33 bits per heavy atom. The molecule has 8 heteroatoms. The molecule has 0 bridgehead atoms. The standard InChI is InChI=1S/C16H13F2N5S/c1-9-6-14(23-16(19)21-9)22-10-7-12(17)15(13(18)8-10)24-11-2-4-20-5-3-11/h2-8H,1H3,(H3,19,21,22,23). The van der Waals surface area contributed by atoms with Gasteiger partial charge in [0.1, 0.15) is 17.5 Å².